The Kier molecular flexibility index (Phi) is 14.8. The fourth-order valence-electron chi connectivity index (χ4n) is 2.25. The first kappa shape index (κ1) is 25.9. The molecule has 1 aromatic rings. The topological polar surface area (TPSA) is 71.1 Å². The number of hydrogen-bond acceptors (Lipinski definition) is 6. The average molecular weight is 397 g/mol. The molecule has 0 radical (unpaired) electrons. The molecular formula is C18H30NaO6S+. The molecule has 0 aliphatic heterocycles. The molecule has 0 bridgehead atoms. The molecule has 0 amide bonds. The molecule has 144 valence electrons. The van der Waals surface area contributed by atoms with E-state index in [-0.39, 0.29) is 36.2 Å². The van der Waals surface area contributed by atoms with Gasteiger partial charge in [-0.05, 0) is 32.4 Å². The van der Waals surface area contributed by atoms with E-state index < -0.39 is 23.0 Å². The Bertz CT molecular complexity index is 552. The largest absolute Gasteiger partial charge is 1.00 e. The van der Waals surface area contributed by atoms with E-state index in [4.69, 9.17) is 17.8 Å². The van der Waals surface area contributed by atoms with Crippen LogP contribution < -0.4 is 34.3 Å². The summed E-state index contributed by atoms with van der Waals surface area (Å²) in [5, 5.41) is 0. The second-order valence-corrected chi connectivity index (χ2v) is 7.04. The zero-order chi connectivity index (χ0) is 18.5. The third kappa shape index (κ3) is 13.1. The van der Waals surface area contributed by atoms with E-state index >= 15 is 0 Å². The molecule has 0 heterocycles. The minimum atomic E-state index is -4.08. The monoisotopic (exact) mass is 397 g/mol. The van der Waals surface area contributed by atoms with E-state index in [9.17, 15) is 8.42 Å². The average Bonchev–Trinajstić information content (AvgIpc) is 2.54. The Morgan fingerprint density at radius 3 is 2.19 bits per heavy atom. The molecule has 26 heavy (non-hydrogen) atoms. The zero-order valence-electron chi connectivity index (χ0n) is 16.3. The Balaban J connectivity index is 0.00000625. The van der Waals surface area contributed by atoms with Crippen LogP contribution in [0.15, 0.2) is 30.3 Å². The van der Waals surface area contributed by atoms with Gasteiger partial charge in [-0.3, -0.25) is 0 Å². The van der Waals surface area contributed by atoms with E-state index in [0.717, 1.165) is 12.8 Å². The van der Waals surface area contributed by atoms with Crippen LogP contribution in [0.2, 0.25) is 0 Å². The van der Waals surface area contributed by atoms with Gasteiger partial charge in [0.05, 0.1) is 6.61 Å². The van der Waals surface area contributed by atoms with Crippen LogP contribution in [0, 0.1) is 0 Å². The van der Waals surface area contributed by atoms with Gasteiger partial charge in [0, 0.05) is 0 Å². The number of unbranched alkanes of at least 4 members (excludes halogenated alkanes) is 5. The summed E-state index contributed by atoms with van der Waals surface area (Å²) in [5.74, 6) is 0.629. The van der Waals surface area contributed by atoms with Crippen LogP contribution in [0.4, 0.5) is 0 Å². The Hall–Kier alpha value is -0.150. The first-order valence-corrected chi connectivity index (χ1v) is 10.2. The van der Waals surface area contributed by atoms with Crippen molar-refractivity contribution in [3.05, 3.63) is 30.3 Å². The smallest absolute Gasteiger partial charge is 0.465 e. The normalized spacial score (nSPS) is 13.7. The molecule has 0 fully saturated rings. The first-order valence-electron chi connectivity index (χ1n) is 8.87. The third-order valence-corrected chi connectivity index (χ3v) is 4.37. The van der Waals surface area contributed by atoms with Gasteiger partial charge >= 0.3 is 40.0 Å². The molecule has 0 aliphatic carbocycles. The predicted octanol–water partition coefficient (Wildman–Crippen LogP) is 1.42. The maximum atomic E-state index is 11.8. The summed E-state index contributed by atoms with van der Waals surface area (Å²) < 4.78 is 44.0. The number of para-hydroxylation sites is 1. The van der Waals surface area contributed by atoms with Gasteiger partial charge in [0.25, 0.3) is 0 Å². The molecule has 0 spiro atoms. The predicted molar refractivity (Wildman–Crippen MR) is 96.4 cm³/mol. The fraction of sp³-hybridized carbons (Fsp3) is 0.667. The summed E-state index contributed by atoms with van der Waals surface area (Å²) >= 11 is 0. The van der Waals surface area contributed by atoms with Gasteiger partial charge in [-0.15, -0.1) is 0 Å². The van der Waals surface area contributed by atoms with Gasteiger partial charge in [0.1, 0.15) is 5.75 Å². The molecule has 1 aromatic carbocycles. The van der Waals surface area contributed by atoms with Crippen LogP contribution in [-0.2, 0) is 23.5 Å². The van der Waals surface area contributed by atoms with E-state index in [1.165, 1.54) is 26.2 Å². The van der Waals surface area contributed by atoms with Crippen molar-refractivity contribution in [3.63, 3.8) is 0 Å². The van der Waals surface area contributed by atoms with Crippen molar-refractivity contribution >= 4 is 10.4 Å². The quantitative estimate of drug-likeness (QED) is 0.269. The van der Waals surface area contributed by atoms with Crippen LogP contribution in [0.1, 0.15) is 59.3 Å². The van der Waals surface area contributed by atoms with Crippen molar-refractivity contribution in [2.45, 2.75) is 71.9 Å². The minimum absolute atomic E-state index is 0. The standard InChI is InChI=1S/C18H30O6S.Na/c1-4-5-6-7-8-12-15-21-25(19,20)24-17(3)22-16(2)23-18-13-10-9-11-14-18;/h9-11,13-14,16-17H,4-8,12,15H2,1-3H3;/q;+1. The van der Waals surface area contributed by atoms with Crippen LogP contribution in [0.3, 0.4) is 0 Å². The third-order valence-electron chi connectivity index (χ3n) is 3.41. The molecule has 0 saturated heterocycles. The molecule has 2 atom stereocenters. The van der Waals surface area contributed by atoms with Gasteiger partial charge in [0.15, 0.2) is 12.6 Å². The second-order valence-electron chi connectivity index (χ2n) is 5.80. The number of hydrogen-bond donors (Lipinski definition) is 0. The summed E-state index contributed by atoms with van der Waals surface area (Å²) in [6.07, 6.45) is 4.62. The molecule has 0 saturated carbocycles. The van der Waals surface area contributed by atoms with Crippen molar-refractivity contribution in [2.75, 3.05) is 6.61 Å². The van der Waals surface area contributed by atoms with Crippen LogP contribution >= 0.6 is 0 Å². The van der Waals surface area contributed by atoms with Gasteiger partial charge in [0.2, 0.25) is 0 Å². The van der Waals surface area contributed by atoms with Gasteiger partial charge in [-0.2, -0.15) is 8.42 Å². The SMILES string of the molecule is CCCCCCCCOS(=O)(=O)OC(C)OC(C)Oc1ccccc1.[Na+]. The van der Waals surface area contributed by atoms with Crippen LogP contribution in [0.25, 0.3) is 0 Å². The molecule has 0 N–H and O–H groups in total. The number of rotatable bonds is 14. The zero-order valence-corrected chi connectivity index (χ0v) is 19.2. The summed E-state index contributed by atoms with van der Waals surface area (Å²) in [5.41, 5.74) is 0. The summed E-state index contributed by atoms with van der Waals surface area (Å²) in [6.45, 7) is 5.42. The number of benzene rings is 1. The second kappa shape index (κ2) is 14.9. The maximum absolute atomic E-state index is 11.8. The van der Waals surface area contributed by atoms with Crippen molar-refractivity contribution < 1.29 is 55.8 Å². The molecule has 6 nitrogen and oxygen atoms in total. The van der Waals surface area contributed by atoms with Crippen molar-refractivity contribution in [1.29, 1.82) is 0 Å². The van der Waals surface area contributed by atoms with Gasteiger partial charge < -0.3 is 9.47 Å². The van der Waals surface area contributed by atoms with Crippen molar-refractivity contribution in [3.8, 4) is 5.75 Å². The molecule has 0 aliphatic rings. The summed E-state index contributed by atoms with van der Waals surface area (Å²) in [4.78, 5) is 0. The maximum Gasteiger partial charge on any atom is 1.00 e. The molecule has 8 heteroatoms. The molecular weight excluding hydrogens is 367 g/mol. The van der Waals surface area contributed by atoms with Crippen LogP contribution in [-0.4, -0.2) is 27.6 Å². The van der Waals surface area contributed by atoms with Gasteiger partial charge in [-0.25, -0.2) is 8.37 Å². The van der Waals surface area contributed by atoms with E-state index in [1.54, 1.807) is 19.1 Å². The van der Waals surface area contributed by atoms with Gasteiger partial charge in [-0.1, -0.05) is 57.2 Å². The van der Waals surface area contributed by atoms with E-state index in [2.05, 4.69) is 6.92 Å². The van der Waals surface area contributed by atoms with Crippen molar-refractivity contribution in [2.24, 2.45) is 0 Å². The number of ether oxygens (including phenoxy) is 2. The Labute approximate surface area is 180 Å². The summed E-state index contributed by atoms with van der Waals surface area (Å²) in [7, 11) is -4.08. The molecule has 1 rings (SSSR count). The van der Waals surface area contributed by atoms with E-state index in [0.29, 0.717) is 12.2 Å². The Morgan fingerprint density at radius 2 is 1.54 bits per heavy atom. The van der Waals surface area contributed by atoms with E-state index in [1.807, 2.05) is 18.2 Å². The summed E-state index contributed by atoms with van der Waals surface area (Å²) in [6, 6.07) is 9.11. The molecule has 2 unspecified atom stereocenters. The van der Waals surface area contributed by atoms with Crippen molar-refractivity contribution in [1.82, 2.24) is 0 Å². The van der Waals surface area contributed by atoms with Crippen LogP contribution in [0.5, 0.6) is 5.75 Å². The Morgan fingerprint density at radius 1 is 0.923 bits per heavy atom. The first-order chi connectivity index (χ1) is 11.9. The molecule has 0 aromatic heterocycles. The minimum Gasteiger partial charge on any atom is -0.465 e. The fourth-order valence-corrected chi connectivity index (χ4v) is 3.00.